The van der Waals surface area contributed by atoms with Gasteiger partial charge in [-0.3, -0.25) is 0 Å². The number of benzene rings is 1. The fourth-order valence-corrected chi connectivity index (χ4v) is 3.20. The van der Waals surface area contributed by atoms with E-state index in [9.17, 15) is 9.00 Å². The molecule has 1 atom stereocenters. The molecular weight excluding hydrogens is 378 g/mol. The molecule has 2 aromatic rings. The Balaban J connectivity index is 0.00000190. The van der Waals surface area contributed by atoms with Crippen molar-refractivity contribution in [2.75, 3.05) is 30.0 Å². The smallest absolute Gasteiger partial charge is 0.442 e. The van der Waals surface area contributed by atoms with E-state index in [-0.39, 0.29) is 6.61 Å². The summed E-state index contributed by atoms with van der Waals surface area (Å²) in [5.41, 5.74) is 1.69. The van der Waals surface area contributed by atoms with E-state index in [1.54, 1.807) is 37.4 Å². The zero-order chi connectivity index (χ0) is 21.2. The van der Waals surface area contributed by atoms with Crippen LogP contribution in [0.1, 0.15) is 33.3 Å². The van der Waals surface area contributed by atoms with Gasteiger partial charge in [-0.1, -0.05) is 13.8 Å². The molecule has 1 aromatic carbocycles. The van der Waals surface area contributed by atoms with Gasteiger partial charge in [0.05, 0.1) is 16.3 Å². The quantitative estimate of drug-likeness (QED) is 0.721. The zero-order valence-corrected chi connectivity index (χ0v) is 18.1. The van der Waals surface area contributed by atoms with Gasteiger partial charge in [-0.2, -0.15) is 4.98 Å². The van der Waals surface area contributed by atoms with Crippen LogP contribution in [0.4, 0.5) is 22.2 Å². The Labute approximate surface area is 167 Å². The molecule has 0 aliphatic rings. The summed E-state index contributed by atoms with van der Waals surface area (Å²) in [6.07, 6.45) is 2.31. The molecule has 1 aromatic heterocycles. The summed E-state index contributed by atoms with van der Waals surface area (Å²) < 4.78 is 20.9. The summed E-state index contributed by atoms with van der Waals surface area (Å²) in [5.74, 6) is 1.22. The van der Waals surface area contributed by atoms with Crippen molar-refractivity contribution in [3.63, 3.8) is 0 Å². The highest BCUT2D eigenvalue weighted by Crippen LogP contribution is 2.20. The van der Waals surface area contributed by atoms with Crippen LogP contribution in [0.3, 0.4) is 0 Å². The maximum atomic E-state index is 12.6. The molecule has 0 spiro atoms. The molecule has 0 bridgehead atoms. The predicted molar refractivity (Wildman–Crippen MR) is 114 cm³/mol. The molecule has 0 radical (unpaired) electrons. The summed E-state index contributed by atoms with van der Waals surface area (Å²) >= 11 is 0. The second kappa shape index (κ2) is 11.2. The average molecular weight is 408 g/mol. The molecule has 28 heavy (non-hydrogen) atoms. The Kier molecular flexibility index (Phi) is 9.37. The lowest BCUT2D eigenvalue weighted by atomic mass is 10.3. The molecule has 0 saturated heterocycles. The van der Waals surface area contributed by atoms with Gasteiger partial charge in [0.1, 0.15) is 5.82 Å². The monoisotopic (exact) mass is 407 g/mol. The molecule has 1 heterocycles. The molecule has 9 heteroatoms. The topological polar surface area (TPSA) is 106 Å². The van der Waals surface area contributed by atoms with E-state index in [0.717, 1.165) is 23.6 Å². The maximum absolute atomic E-state index is 12.6. The molecule has 1 amide bonds. The number of aromatic nitrogens is 2. The number of aryl methyl sites for hydroxylation is 1. The van der Waals surface area contributed by atoms with Gasteiger partial charge in [0.25, 0.3) is 0 Å². The van der Waals surface area contributed by atoms with Crippen molar-refractivity contribution in [2.45, 2.75) is 39.5 Å². The third-order valence-electron chi connectivity index (χ3n) is 3.38. The molecule has 0 fully saturated rings. The van der Waals surface area contributed by atoms with Gasteiger partial charge in [-0.05, 0) is 45.0 Å². The van der Waals surface area contributed by atoms with Gasteiger partial charge in [-0.25, -0.2) is 14.0 Å². The minimum atomic E-state index is -2.86. The predicted octanol–water partition coefficient (Wildman–Crippen LogP) is 4.60. The summed E-state index contributed by atoms with van der Waals surface area (Å²) in [4.78, 5) is 20.6. The van der Waals surface area contributed by atoms with Crippen LogP contribution in [-0.4, -0.2) is 39.7 Å². The second-order valence-corrected chi connectivity index (χ2v) is 7.76. The highest BCUT2D eigenvalue weighted by molar-refractivity contribution is 7.93. The van der Waals surface area contributed by atoms with Crippen LogP contribution in [0.2, 0.25) is 0 Å². The first kappa shape index (κ1) is 23.4. The molecule has 2 N–H and O–H groups in total. The lowest BCUT2D eigenvalue weighted by Crippen LogP contribution is -2.06. The van der Waals surface area contributed by atoms with Crippen molar-refractivity contribution in [3.05, 3.63) is 36.0 Å². The third kappa shape index (κ3) is 6.80. The van der Waals surface area contributed by atoms with Gasteiger partial charge < -0.3 is 15.4 Å². The maximum Gasteiger partial charge on any atom is 0.442 e. The van der Waals surface area contributed by atoms with Crippen molar-refractivity contribution in [1.29, 1.82) is 0 Å². The fraction of sp³-hybridized carbons (Fsp3) is 0.421. The van der Waals surface area contributed by atoms with Gasteiger partial charge >= 0.3 is 6.09 Å². The molecular formula is C19H29N5O3S. The number of hydrogen-bond donors (Lipinski definition) is 2. The first-order valence-electron chi connectivity index (χ1n) is 9.19. The number of nitrogens with zero attached hydrogens (tertiary/aromatic N) is 3. The van der Waals surface area contributed by atoms with Crippen LogP contribution >= 0.6 is 0 Å². The first-order chi connectivity index (χ1) is 13.4. The molecule has 0 saturated carbocycles. The Bertz CT molecular complexity index is 891. The third-order valence-corrected chi connectivity index (χ3v) is 5.02. The van der Waals surface area contributed by atoms with Gasteiger partial charge in [0.15, 0.2) is 0 Å². The number of amides is 1. The normalized spacial score (nSPS) is 12.1. The summed E-state index contributed by atoms with van der Waals surface area (Å²) in [5, 5.41) is 6.27. The summed E-state index contributed by atoms with van der Waals surface area (Å²) in [6, 6.07) is 6.75. The second-order valence-electron chi connectivity index (χ2n) is 5.50. The molecule has 2 rings (SSSR count). The van der Waals surface area contributed by atoms with E-state index in [2.05, 4.69) is 25.0 Å². The van der Waals surface area contributed by atoms with Crippen LogP contribution in [0.5, 0.6) is 0 Å². The van der Waals surface area contributed by atoms with Gasteiger partial charge in [0.2, 0.25) is 5.95 Å². The van der Waals surface area contributed by atoms with Gasteiger partial charge in [-0.15, -0.1) is 4.36 Å². The van der Waals surface area contributed by atoms with Crippen molar-refractivity contribution in [2.24, 2.45) is 4.36 Å². The Morgan fingerprint density at radius 2 is 1.86 bits per heavy atom. The van der Waals surface area contributed by atoms with Crippen LogP contribution in [0.25, 0.3) is 0 Å². The molecule has 1 unspecified atom stereocenters. The number of nitrogens with one attached hydrogen (secondary N) is 2. The van der Waals surface area contributed by atoms with E-state index >= 15 is 0 Å². The van der Waals surface area contributed by atoms with E-state index in [4.69, 9.17) is 4.74 Å². The average Bonchev–Trinajstić information content (AvgIpc) is 2.66. The van der Waals surface area contributed by atoms with E-state index in [1.165, 1.54) is 6.26 Å². The zero-order valence-electron chi connectivity index (χ0n) is 17.3. The Hall–Kier alpha value is -2.68. The number of carbonyl (C=O) groups excluding carboxylic acids is 1. The minimum absolute atomic E-state index is 0.187. The number of ether oxygens (including phenoxy) is 1. The fourth-order valence-electron chi connectivity index (χ4n) is 2.11. The first-order valence-corrected chi connectivity index (χ1v) is 11.1. The van der Waals surface area contributed by atoms with Crippen molar-refractivity contribution in [3.8, 4) is 0 Å². The van der Waals surface area contributed by atoms with E-state index < -0.39 is 15.8 Å². The van der Waals surface area contributed by atoms with Gasteiger partial charge in [0, 0.05) is 35.1 Å². The molecule has 0 aliphatic carbocycles. The molecule has 154 valence electrons. The Morgan fingerprint density at radius 3 is 2.43 bits per heavy atom. The van der Waals surface area contributed by atoms with Crippen molar-refractivity contribution >= 4 is 33.3 Å². The van der Waals surface area contributed by atoms with E-state index in [0.29, 0.717) is 10.8 Å². The number of carbonyl (C=O) groups is 1. The lowest BCUT2D eigenvalue weighted by Gasteiger charge is -2.10. The largest absolute Gasteiger partial charge is 0.448 e. The summed E-state index contributed by atoms with van der Waals surface area (Å²) in [7, 11) is -2.86. The van der Waals surface area contributed by atoms with E-state index in [1.807, 2.05) is 27.7 Å². The Morgan fingerprint density at radius 1 is 1.21 bits per heavy atom. The van der Waals surface area contributed by atoms with Crippen LogP contribution in [0, 0.1) is 6.92 Å². The molecule has 8 nitrogen and oxygen atoms in total. The number of hydrogen-bond acceptors (Lipinski definition) is 7. The van der Waals surface area contributed by atoms with Crippen LogP contribution < -0.4 is 10.6 Å². The number of anilines is 3. The lowest BCUT2D eigenvalue weighted by molar-refractivity contribution is 0.164. The van der Waals surface area contributed by atoms with Crippen LogP contribution in [-0.2, 0) is 14.5 Å². The summed E-state index contributed by atoms with van der Waals surface area (Å²) in [6.45, 7) is 10.5. The molecule has 0 aliphatic heterocycles. The highest BCUT2D eigenvalue weighted by Gasteiger charge is 2.10. The standard InChI is InChI=1S/C17H23N5O3S.C2H6/c1-5-18-15-12(3)11-19-16(21-15)20-13-7-9-14(10-8-13)26(4,24)22-17(23)25-6-2;1-2/h7-11H,5-6H2,1-4H3,(H2,18,19,20,21);1-2H3. The van der Waals surface area contributed by atoms with Crippen LogP contribution in [0.15, 0.2) is 39.7 Å². The SMILES string of the molecule is CC.CCNc1nc(Nc2ccc(S(C)(=O)=NC(=O)OCC)cc2)ncc1C. The number of rotatable bonds is 6. The van der Waals surface area contributed by atoms with Crippen molar-refractivity contribution in [1.82, 2.24) is 9.97 Å². The highest BCUT2D eigenvalue weighted by atomic mass is 32.2. The van der Waals surface area contributed by atoms with Crippen molar-refractivity contribution < 1.29 is 13.7 Å². The minimum Gasteiger partial charge on any atom is -0.448 e.